The van der Waals surface area contributed by atoms with E-state index >= 15 is 0 Å². The Morgan fingerprint density at radius 1 is 1.18 bits per heavy atom. The van der Waals surface area contributed by atoms with Gasteiger partial charge >= 0.3 is 5.97 Å². The molecule has 0 aromatic carbocycles. The fraction of sp³-hybridized carbons (Fsp3) is 0.625. The molecule has 3 rings (SSSR count). The molecule has 0 saturated carbocycles. The van der Waals surface area contributed by atoms with Crippen molar-refractivity contribution >= 4 is 23.2 Å². The highest BCUT2D eigenvalue weighted by atomic mass is 32.1. The molecule has 1 aromatic heterocycles. The van der Waals surface area contributed by atoms with Crippen LogP contribution in [0.1, 0.15) is 39.4 Å². The van der Waals surface area contributed by atoms with E-state index in [4.69, 9.17) is 9.47 Å². The molecule has 0 N–H and O–H groups in total. The van der Waals surface area contributed by atoms with Gasteiger partial charge in [0.25, 0.3) is 5.91 Å². The van der Waals surface area contributed by atoms with Crippen molar-refractivity contribution in [3.63, 3.8) is 0 Å². The molecule has 1 aromatic rings. The molecule has 1 saturated heterocycles. The Labute approximate surface area is 134 Å². The zero-order chi connectivity index (χ0) is 15.7. The van der Waals surface area contributed by atoms with Gasteiger partial charge in [-0.1, -0.05) is 0 Å². The zero-order valence-electron chi connectivity index (χ0n) is 13.0. The first-order valence-corrected chi connectivity index (χ1v) is 8.53. The van der Waals surface area contributed by atoms with Crippen LogP contribution in [0.4, 0.5) is 0 Å². The molecule has 1 aliphatic carbocycles. The summed E-state index contributed by atoms with van der Waals surface area (Å²) in [6, 6.07) is 0. The molecule has 0 bridgehead atoms. The van der Waals surface area contributed by atoms with Crippen molar-refractivity contribution in [2.75, 3.05) is 27.3 Å². The number of hydrogen-bond donors (Lipinski definition) is 0. The first-order valence-electron chi connectivity index (χ1n) is 7.71. The number of carbonyl (C=O) groups is 2. The second-order valence-corrected chi connectivity index (χ2v) is 6.91. The third-order valence-corrected chi connectivity index (χ3v) is 5.85. The van der Waals surface area contributed by atoms with E-state index < -0.39 is 0 Å². The van der Waals surface area contributed by atoms with Crippen molar-refractivity contribution in [1.82, 2.24) is 4.90 Å². The minimum absolute atomic E-state index is 0.0413. The summed E-state index contributed by atoms with van der Waals surface area (Å²) in [5.74, 6) is 0.571. The standard InChI is InChI=1S/C16H21NO4S/c1-20-13-11-4-3-5-12(11)22-14(13)15(18)17-8-6-10(7-9-17)16(19)21-2/h10H,3-9H2,1-2H3. The highest BCUT2D eigenvalue weighted by Gasteiger charge is 2.32. The first kappa shape index (κ1) is 15.3. The van der Waals surface area contributed by atoms with Crippen molar-refractivity contribution in [2.24, 2.45) is 5.92 Å². The number of aryl methyl sites for hydroxylation is 1. The minimum Gasteiger partial charge on any atom is -0.495 e. The van der Waals surface area contributed by atoms with Crippen LogP contribution in [0.5, 0.6) is 5.75 Å². The quantitative estimate of drug-likeness (QED) is 0.801. The molecular weight excluding hydrogens is 302 g/mol. The van der Waals surface area contributed by atoms with E-state index in [1.54, 1.807) is 18.4 Å². The van der Waals surface area contributed by atoms with Gasteiger partial charge in [-0.05, 0) is 32.1 Å². The van der Waals surface area contributed by atoms with Crippen molar-refractivity contribution in [2.45, 2.75) is 32.1 Å². The number of methoxy groups -OCH3 is 2. The summed E-state index contributed by atoms with van der Waals surface area (Å²) in [6.45, 7) is 1.20. The van der Waals surface area contributed by atoms with Gasteiger partial charge in [0.2, 0.25) is 0 Å². The molecule has 2 aliphatic rings. The van der Waals surface area contributed by atoms with E-state index in [0.29, 0.717) is 25.9 Å². The Balaban J connectivity index is 1.72. The van der Waals surface area contributed by atoms with Gasteiger partial charge in [0.15, 0.2) is 0 Å². The van der Waals surface area contributed by atoms with Crippen LogP contribution in [0, 0.1) is 5.92 Å². The number of thiophene rings is 1. The number of hydrogen-bond acceptors (Lipinski definition) is 5. The molecule has 0 atom stereocenters. The van der Waals surface area contributed by atoms with Crippen molar-refractivity contribution in [1.29, 1.82) is 0 Å². The fourth-order valence-electron chi connectivity index (χ4n) is 3.36. The summed E-state index contributed by atoms with van der Waals surface area (Å²) in [4.78, 5) is 28.2. The molecule has 0 radical (unpaired) electrons. The zero-order valence-corrected chi connectivity index (χ0v) is 13.8. The topological polar surface area (TPSA) is 55.8 Å². The molecule has 120 valence electrons. The normalized spacial score (nSPS) is 18.2. The van der Waals surface area contributed by atoms with Crippen LogP contribution in [0.25, 0.3) is 0 Å². The average molecular weight is 323 g/mol. The van der Waals surface area contributed by atoms with Crippen molar-refractivity contribution in [3.05, 3.63) is 15.3 Å². The number of esters is 1. The Kier molecular flexibility index (Phi) is 4.38. The van der Waals surface area contributed by atoms with E-state index in [9.17, 15) is 9.59 Å². The maximum absolute atomic E-state index is 12.8. The molecule has 2 heterocycles. The van der Waals surface area contributed by atoms with E-state index in [1.165, 1.54) is 17.6 Å². The maximum Gasteiger partial charge on any atom is 0.308 e. The Morgan fingerprint density at radius 2 is 1.91 bits per heavy atom. The summed E-state index contributed by atoms with van der Waals surface area (Å²) in [6.07, 6.45) is 4.55. The predicted octanol–water partition coefficient (Wildman–Crippen LogP) is 2.27. The number of nitrogens with zero attached hydrogens (tertiary/aromatic N) is 1. The number of fused-ring (bicyclic) bond motifs is 1. The van der Waals surface area contributed by atoms with E-state index in [0.717, 1.165) is 29.9 Å². The van der Waals surface area contributed by atoms with Gasteiger partial charge in [-0.2, -0.15) is 0 Å². The van der Waals surface area contributed by atoms with Gasteiger partial charge in [-0.25, -0.2) is 0 Å². The number of amides is 1. The lowest BCUT2D eigenvalue weighted by Crippen LogP contribution is -2.40. The van der Waals surface area contributed by atoms with Gasteiger partial charge in [0, 0.05) is 23.5 Å². The fourth-order valence-corrected chi connectivity index (χ4v) is 4.69. The molecule has 6 heteroatoms. The summed E-state index contributed by atoms with van der Waals surface area (Å²) in [5.41, 5.74) is 1.22. The Hall–Kier alpha value is -1.56. The van der Waals surface area contributed by atoms with E-state index in [1.807, 2.05) is 4.90 Å². The monoisotopic (exact) mass is 323 g/mol. The average Bonchev–Trinajstić information content (AvgIpc) is 3.14. The number of carbonyl (C=O) groups excluding carboxylic acids is 2. The van der Waals surface area contributed by atoms with E-state index in [-0.39, 0.29) is 17.8 Å². The molecule has 1 amide bonds. The lowest BCUT2D eigenvalue weighted by Gasteiger charge is -2.30. The van der Waals surface area contributed by atoms with Crippen molar-refractivity contribution < 1.29 is 19.1 Å². The summed E-state index contributed by atoms with van der Waals surface area (Å²) in [5, 5.41) is 0. The third kappa shape index (κ3) is 2.60. The number of ether oxygens (including phenoxy) is 2. The van der Waals surface area contributed by atoms with Crippen molar-refractivity contribution in [3.8, 4) is 5.75 Å². The Bertz CT molecular complexity index is 587. The van der Waals surface area contributed by atoms with Gasteiger partial charge in [-0.3, -0.25) is 9.59 Å². The van der Waals surface area contributed by atoms with Crippen LogP contribution in [0.15, 0.2) is 0 Å². The second kappa shape index (κ2) is 6.28. The summed E-state index contributed by atoms with van der Waals surface area (Å²) >= 11 is 1.58. The predicted molar refractivity (Wildman–Crippen MR) is 83.5 cm³/mol. The van der Waals surface area contributed by atoms with Crippen LogP contribution >= 0.6 is 11.3 Å². The van der Waals surface area contributed by atoms with Gasteiger partial charge in [-0.15, -0.1) is 11.3 Å². The molecule has 0 spiro atoms. The molecular formula is C16H21NO4S. The first-order chi connectivity index (χ1) is 10.7. The molecule has 22 heavy (non-hydrogen) atoms. The summed E-state index contributed by atoms with van der Waals surface area (Å²) < 4.78 is 10.3. The van der Waals surface area contributed by atoms with Gasteiger partial charge in [0.05, 0.1) is 20.1 Å². The molecule has 1 aliphatic heterocycles. The van der Waals surface area contributed by atoms with Crippen LogP contribution in [0.2, 0.25) is 0 Å². The van der Waals surface area contributed by atoms with Gasteiger partial charge < -0.3 is 14.4 Å². The number of piperidine rings is 1. The van der Waals surface area contributed by atoms with Crippen LogP contribution < -0.4 is 4.74 Å². The minimum atomic E-state index is -0.167. The molecule has 1 fully saturated rings. The maximum atomic E-state index is 12.8. The summed E-state index contributed by atoms with van der Waals surface area (Å²) in [7, 11) is 3.05. The third-order valence-electron chi connectivity index (χ3n) is 4.59. The Morgan fingerprint density at radius 3 is 2.55 bits per heavy atom. The number of rotatable bonds is 3. The smallest absolute Gasteiger partial charge is 0.308 e. The molecule has 0 unspecified atom stereocenters. The van der Waals surface area contributed by atoms with E-state index in [2.05, 4.69) is 0 Å². The van der Waals surface area contributed by atoms with Crippen LogP contribution in [0.3, 0.4) is 0 Å². The van der Waals surface area contributed by atoms with Gasteiger partial charge in [0.1, 0.15) is 10.6 Å². The highest BCUT2D eigenvalue weighted by molar-refractivity contribution is 7.14. The largest absolute Gasteiger partial charge is 0.495 e. The SMILES string of the molecule is COC(=O)C1CCN(C(=O)c2sc3c(c2OC)CCC3)CC1. The van der Waals surface area contributed by atoms with Crippen LogP contribution in [-0.2, 0) is 22.4 Å². The highest BCUT2D eigenvalue weighted by Crippen LogP contribution is 2.41. The second-order valence-electron chi connectivity index (χ2n) is 5.81. The lowest BCUT2D eigenvalue weighted by molar-refractivity contribution is -0.146. The molecule has 5 nitrogen and oxygen atoms in total. The lowest BCUT2D eigenvalue weighted by atomic mass is 9.97. The van der Waals surface area contributed by atoms with Crippen LogP contribution in [-0.4, -0.2) is 44.1 Å². The number of likely N-dealkylation sites (tertiary alicyclic amines) is 1.